The largest absolute Gasteiger partial charge is 0.378 e. The van der Waals surface area contributed by atoms with Gasteiger partial charge in [0.05, 0.1) is 6.21 Å². The number of benzene rings is 1. The van der Waals surface area contributed by atoms with E-state index in [1.165, 1.54) is 11.4 Å². The maximum atomic E-state index is 5.10. The van der Waals surface area contributed by atoms with Crippen LogP contribution < -0.4 is 15.6 Å². The van der Waals surface area contributed by atoms with Crippen molar-refractivity contribution in [2.75, 3.05) is 25.5 Å². The van der Waals surface area contributed by atoms with E-state index in [1.807, 2.05) is 21.0 Å². The van der Waals surface area contributed by atoms with Gasteiger partial charge in [0.1, 0.15) is 0 Å². The van der Waals surface area contributed by atoms with Gasteiger partial charge in [-0.25, -0.2) is 0 Å². The van der Waals surface area contributed by atoms with Crippen molar-refractivity contribution >= 4 is 29.2 Å². The highest BCUT2D eigenvalue weighted by molar-refractivity contribution is 7.80. The van der Waals surface area contributed by atoms with Gasteiger partial charge in [0.15, 0.2) is 5.11 Å². The summed E-state index contributed by atoms with van der Waals surface area (Å²) in [5.41, 5.74) is 8.53. The lowest BCUT2D eigenvalue weighted by Gasteiger charge is -2.14. The van der Waals surface area contributed by atoms with E-state index in [9.17, 15) is 0 Å². The van der Waals surface area contributed by atoms with Gasteiger partial charge in [0.25, 0.3) is 0 Å². The normalized spacial score (nSPS) is 10.9. The Hall–Kier alpha value is -2.34. The standard InChI is InChI=1S/C18H25N5S/c1-6-19-18(24)21-20-12-15-11-13(2)23(14(15)3)17-9-7-16(8-10-17)22(4)5/h7-12H,6H2,1-5H3,(H2,19,21,24)/b20-12-. The molecule has 0 aliphatic rings. The number of anilines is 1. The zero-order chi connectivity index (χ0) is 17.7. The number of aromatic nitrogens is 1. The maximum Gasteiger partial charge on any atom is 0.186 e. The molecule has 0 saturated heterocycles. The SMILES string of the molecule is CCNC(=S)N/N=C\c1cc(C)n(-c2ccc(N(C)C)cc2)c1C. The fraction of sp³-hybridized carbons (Fsp3) is 0.333. The van der Waals surface area contributed by atoms with E-state index in [4.69, 9.17) is 12.2 Å². The Balaban J connectivity index is 2.22. The first-order valence-corrected chi connectivity index (χ1v) is 8.38. The van der Waals surface area contributed by atoms with Crippen LogP contribution in [-0.2, 0) is 0 Å². The molecule has 0 unspecified atom stereocenters. The minimum atomic E-state index is 0.529. The summed E-state index contributed by atoms with van der Waals surface area (Å²) >= 11 is 5.10. The molecule has 0 amide bonds. The molecule has 0 aliphatic carbocycles. The highest BCUT2D eigenvalue weighted by Gasteiger charge is 2.09. The fourth-order valence-corrected chi connectivity index (χ4v) is 2.77. The summed E-state index contributed by atoms with van der Waals surface area (Å²) < 4.78 is 2.23. The van der Waals surface area contributed by atoms with Crippen molar-refractivity contribution in [1.29, 1.82) is 0 Å². The van der Waals surface area contributed by atoms with E-state index in [0.717, 1.165) is 23.5 Å². The fourth-order valence-electron chi connectivity index (χ4n) is 2.58. The lowest BCUT2D eigenvalue weighted by Crippen LogP contribution is -2.31. The van der Waals surface area contributed by atoms with Crippen LogP contribution in [0.1, 0.15) is 23.9 Å². The minimum Gasteiger partial charge on any atom is -0.378 e. The zero-order valence-corrected chi connectivity index (χ0v) is 15.7. The molecule has 1 heterocycles. The zero-order valence-electron chi connectivity index (χ0n) is 14.9. The molecule has 0 bridgehead atoms. The molecule has 0 saturated carbocycles. The van der Waals surface area contributed by atoms with Gasteiger partial charge in [-0.15, -0.1) is 0 Å². The maximum absolute atomic E-state index is 5.10. The van der Waals surface area contributed by atoms with Crippen LogP contribution in [0.4, 0.5) is 5.69 Å². The van der Waals surface area contributed by atoms with E-state index in [-0.39, 0.29) is 0 Å². The second kappa shape index (κ2) is 7.97. The van der Waals surface area contributed by atoms with Gasteiger partial charge in [-0.1, -0.05) is 0 Å². The number of thiocarbonyl (C=S) groups is 1. The van der Waals surface area contributed by atoms with Gasteiger partial charge in [-0.05, 0) is 63.3 Å². The summed E-state index contributed by atoms with van der Waals surface area (Å²) in [4.78, 5) is 2.09. The molecular weight excluding hydrogens is 318 g/mol. The highest BCUT2D eigenvalue weighted by atomic mass is 32.1. The molecule has 0 aliphatic heterocycles. The monoisotopic (exact) mass is 343 g/mol. The third kappa shape index (κ3) is 4.14. The summed E-state index contributed by atoms with van der Waals surface area (Å²) in [6, 6.07) is 10.6. The molecule has 0 radical (unpaired) electrons. The van der Waals surface area contributed by atoms with Gasteiger partial charge in [-0.3, -0.25) is 5.43 Å². The van der Waals surface area contributed by atoms with Crippen molar-refractivity contribution < 1.29 is 0 Å². The molecule has 6 heteroatoms. The number of nitrogens with one attached hydrogen (secondary N) is 2. The molecule has 5 nitrogen and oxygen atoms in total. The van der Waals surface area contributed by atoms with Crippen molar-refractivity contribution in [1.82, 2.24) is 15.3 Å². The molecule has 24 heavy (non-hydrogen) atoms. The van der Waals surface area contributed by atoms with Crippen molar-refractivity contribution in [2.24, 2.45) is 5.10 Å². The van der Waals surface area contributed by atoms with Crippen LogP contribution in [-0.4, -0.2) is 36.5 Å². The third-order valence-electron chi connectivity index (χ3n) is 3.80. The van der Waals surface area contributed by atoms with Gasteiger partial charge >= 0.3 is 0 Å². The summed E-state index contributed by atoms with van der Waals surface area (Å²) in [7, 11) is 4.08. The Morgan fingerprint density at radius 3 is 2.50 bits per heavy atom. The summed E-state index contributed by atoms with van der Waals surface area (Å²) in [6.07, 6.45) is 1.80. The Kier molecular flexibility index (Phi) is 5.98. The molecule has 2 aromatic rings. The predicted octanol–water partition coefficient (Wildman–Crippen LogP) is 2.98. The lowest BCUT2D eigenvalue weighted by molar-refractivity contribution is 0.903. The summed E-state index contributed by atoms with van der Waals surface area (Å²) in [6.45, 7) is 6.96. The first-order valence-electron chi connectivity index (χ1n) is 7.97. The average Bonchev–Trinajstić information content (AvgIpc) is 2.82. The molecule has 0 atom stereocenters. The predicted molar refractivity (Wildman–Crippen MR) is 107 cm³/mol. The molecule has 2 N–H and O–H groups in total. The first kappa shape index (κ1) is 18.0. The van der Waals surface area contributed by atoms with Crippen LogP contribution in [0.2, 0.25) is 0 Å². The van der Waals surface area contributed by atoms with Gasteiger partial charge in [0, 0.05) is 49.0 Å². The smallest absolute Gasteiger partial charge is 0.186 e. The minimum absolute atomic E-state index is 0.529. The van der Waals surface area contributed by atoms with E-state index in [0.29, 0.717) is 5.11 Å². The van der Waals surface area contributed by atoms with Crippen LogP contribution in [0.25, 0.3) is 5.69 Å². The average molecular weight is 344 g/mol. The molecular formula is C18H25N5S. The second-order valence-corrected chi connectivity index (χ2v) is 6.21. The third-order valence-corrected chi connectivity index (χ3v) is 4.04. The quantitative estimate of drug-likeness (QED) is 0.498. The Morgan fingerprint density at radius 1 is 1.25 bits per heavy atom. The van der Waals surface area contributed by atoms with Crippen molar-refractivity contribution in [3.8, 4) is 5.69 Å². The van der Waals surface area contributed by atoms with Crippen LogP contribution in [0.5, 0.6) is 0 Å². The van der Waals surface area contributed by atoms with Crippen molar-refractivity contribution in [3.63, 3.8) is 0 Å². The second-order valence-electron chi connectivity index (χ2n) is 5.80. The number of rotatable bonds is 5. The Morgan fingerprint density at radius 2 is 1.92 bits per heavy atom. The molecule has 0 spiro atoms. The Bertz CT molecular complexity index is 729. The molecule has 128 valence electrons. The van der Waals surface area contributed by atoms with Gasteiger partial charge in [-0.2, -0.15) is 5.10 Å². The number of aryl methyl sites for hydroxylation is 1. The molecule has 1 aromatic carbocycles. The summed E-state index contributed by atoms with van der Waals surface area (Å²) in [5, 5.41) is 7.74. The number of hydrogen-bond donors (Lipinski definition) is 2. The topological polar surface area (TPSA) is 44.6 Å². The highest BCUT2D eigenvalue weighted by Crippen LogP contribution is 2.22. The summed E-state index contributed by atoms with van der Waals surface area (Å²) in [5.74, 6) is 0. The first-order chi connectivity index (χ1) is 11.4. The van der Waals surface area contributed by atoms with Crippen LogP contribution in [0.3, 0.4) is 0 Å². The van der Waals surface area contributed by atoms with Crippen molar-refractivity contribution in [2.45, 2.75) is 20.8 Å². The van der Waals surface area contributed by atoms with E-state index >= 15 is 0 Å². The van der Waals surface area contributed by atoms with E-state index in [2.05, 4.69) is 69.5 Å². The molecule has 1 aromatic heterocycles. The molecule has 0 fully saturated rings. The lowest BCUT2D eigenvalue weighted by atomic mass is 10.2. The van der Waals surface area contributed by atoms with Crippen LogP contribution >= 0.6 is 12.2 Å². The van der Waals surface area contributed by atoms with Gasteiger partial charge in [0.2, 0.25) is 0 Å². The van der Waals surface area contributed by atoms with Crippen LogP contribution in [0, 0.1) is 13.8 Å². The van der Waals surface area contributed by atoms with E-state index in [1.54, 1.807) is 6.21 Å². The number of hydrogen-bond acceptors (Lipinski definition) is 3. The van der Waals surface area contributed by atoms with Gasteiger partial charge < -0.3 is 14.8 Å². The van der Waals surface area contributed by atoms with Crippen molar-refractivity contribution in [3.05, 3.63) is 47.3 Å². The number of nitrogens with zero attached hydrogens (tertiary/aromatic N) is 3. The Labute approximate surface area is 149 Å². The van der Waals surface area contributed by atoms with E-state index < -0.39 is 0 Å². The number of hydrazone groups is 1. The van der Waals surface area contributed by atoms with Crippen LogP contribution in [0.15, 0.2) is 35.4 Å². The molecule has 2 rings (SSSR count).